The standard InChI is InChI=1S/C21H36O4/c1-4-5-6-7-8-9-12-15-24-20(22)18-13-10-11-14-19(18)21(23)25-16-17(2)3/h11,14,17-19H,4-10,12-13,15-16H2,1-3H3. The van der Waals surface area contributed by atoms with Crippen LogP contribution in [-0.2, 0) is 19.1 Å². The number of rotatable bonds is 12. The van der Waals surface area contributed by atoms with E-state index >= 15 is 0 Å². The van der Waals surface area contributed by atoms with E-state index in [4.69, 9.17) is 9.47 Å². The van der Waals surface area contributed by atoms with Crippen molar-refractivity contribution in [1.82, 2.24) is 0 Å². The van der Waals surface area contributed by atoms with E-state index in [0.29, 0.717) is 25.6 Å². The van der Waals surface area contributed by atoms with Crippen LogP contribution in [0.4, 0.5) is 0 Å². The molecule has 2 unspecified atom stereocenters. The third kappa shape index (κ3) is 9.08. The SMILES string of the molecule is CCCCCCCCCOC(=O)C1CCC=CC1C(=O)OCC(C)C. The first-order valence-corrected chi connectivity index (χ1v) is 10.1. The molecule has 0 saturated heterocycles. The van der Waals surface area contributed by atoms with E-state index in [0.717, 1.165) is 19.3 Å². The molecule has 0 aliphatic heterocycles. The van der Waals surface area contributed by atoms with Crippen molar-refractivity contribution in [2.45, 2.75) is 78.6 Å². The fourth-order valence-corrected chi connectivity index (χ4v) is 3.02. The number of allylic oxidation sites excluding steroid dienone is 1. The zero-order chi connectivity index (χ0) is 18.5. The van der Waals surface area contributed by atoms with Gasteiger partial charge >= 0.3 is 11.9 Å². The second-order valence-corrected chi connectivity index (χ2v) is 7.45. The molecule has 2 atom stereocenters. The van der Waals surface area contributed by atoms with Crippen molar-refractivity contribution in [1.29, 1.82) is 0 Å². The summed E-state index contributed by atoms with van der Waals surface area (Å²) in [5.41, 5.74) is 0. The van der Waals surface area contributed by atoms with Crippen LogP contribution in [0.2, 0.25) is 0 Å². The fraction of sp³-hybridized carbons (Fsp3) is 0.810. The summed E-state index contributed by atoms with van der Waals surface area (Å²) in [4.78, 5) is 24.6. The zero-order valence-electron chi connectivity index (χ0n) is 16.3. The molecule has 0 aromatic rings. The van der Waals surface area contributed by atoms with Crippen molar-refractivity contribution >= 4 is 11.9 Å². The van der Waals surface area contributed by atoms with Gasteiger partial charge in [0.25, 0.3) is 0 Å². The van der Waals surface area contributed by atoms with Crippen LogP contribution in [-0.4, -0.2) is 25.2 Å². The predicted octanol–water partition coefficient (Wildman–Crippen LogP) is 5.06. The number of hydrogen-bond acceptors (Lipinski definition) is 4. The van der Waals surface area contributed by atoms with Gasteiger partial charge in [-0.1, -0.05) is 71.4 Å². The number of esters is 2. The molecule has 1 aliphatic carbocycles. The first kappa shape index (κ1) is 21.7. The van der Waals surface area contributed by atoms with Gasteiger partial charge < -0.3 is 9.47 Å². The second kappa shape index (κ2) is 13.0. The van der Waals surface area contributed by atoms with E-state index < -0.39 is 11.8 Å². The normalized spacial score (nSPS) is 19.8. The molecule has 0 heterocycles. The number of carbonyl (C=O) groups excluding carboxylic acids is 2. The highest BCUT2D eigenvalue weighted by atomic mass is 16.5. The lowest BCUT2D eigenvalue weighted by Crippen LogP contribution is -2.33. The molecule has 0 aromatic carbocycles. The van der Waals surface area contributed by atoms with Gasteiger partial charge in [-0.15, -0.1) is 0 Å². The summed E-state index contributed by atoms with van der Waals surface area (Å²) in [6.07, 6.45) is 13.6. The number of carbonyl (C=O) groups is 2. The summed E-state index contributed by atoms with van der Waals surface area (Å²) in [6.45, 7) is 7.06. The Morgan fingerprint density at radius 1 is 1.00 bits per heavy atom. The topological polar surface area (TPSA) is 52.6 Å². The molecule has 0 saturated carbocycles. The minimum absolute atomic E-state index is 0.248. The molecule has 0 radical (unpaired) electrons. The molecule has 0 aromatic heterocycles. The maximum absolute atomic E-state index is 12.4. The molecule has 0 spiro atoms. The van der Waals surface area contributed by atoms with E-state index in [2.05, 4.69) is 6.92 Å². The summed E-state index contributed by atoms with van der Waals surface area (Å²) < 4.78 is 10.7. The smallest absolute Gasteiger partial charge is 0.313 e. The highest BCUT2D eigenvalue weighted by molar-refractivity contribution is 5.83. The summed E-state index contributed by atoms with van der Waals surface area (Å²) in [5.74, 6) is -1.15. The summed E-state index contributed by atoms with van der Waals surface area (Å²) in [7, 11) is 0. The molecular weight excluding hydrogens is 316 g/mol. The zero-order valence-corrected chi connectivity index (χ0v) is 16.3. The molecule has 0 fully saturated rings. The largest absolute Gasteiger partial charge is 0.465 e. The average Bonchev–Trinajstić information content (AvgIpc) is 2.61. The van der Waals surface area contributed by atoms with Crippen molar-refractivity contribution in [2.75, 3.05) is 13.2 Å². The summed E-state index contributed by atoms with van der Waals surface area (Å²) >= 11 is 0. The Morgan fingerprint density at radius 3 is 2.36 bits per heavy atom. The van der Waals surface area contributed by atoms with Crippen molar-refractivity contribution in [2.24, 2.45) is 17.8 Å². The highest BCUT2D eigenvalue weighted by Crippen LogP contribution is 2.27. The monoisotopic (exact) mass is 352 g/mol. The molecule has 0 amide bonds. The number of ether oxygens (including phenoxy) is 2. The molecule has 144 valence electrons. The second-order valence-electron chi connectivity index (χ2n) is 7.45. The Morgan fingerprint density at radius 2 is 1.68 bits per heavy atom. The molecule has 0 N–H and O–H groups in total. The number of hydrogen-bond donors (Lipinski definition) is 0. The summed E-state index contributed by atoms with van der Waals surface area (Å²) in [5, 5.41) is 0. The van der Waals surface area contributed by atoms with Crippen LogP contribution in [0.5, 0.6) is 0 Å². The van der Waals surface area contributed by atoms with Gasteiger partial charge in [0, 0.05) is 0 Å². The molecular formula is C21H36O4. The third-order valence-corrected chi connectivity index (χ3v) is 4.55. The molecule has 25 heavy (non-hydrogen) atoms. The molecule has 4 heteroatoms. The Hall–Kier alpha value is -1.32. The van der Waals surface area contributed by atoms with Crippen molar-refractivity contribution < 1.29 is 19.1 Å². The average molecular weight is 353 g/mol. The van der Waals surface area contributed by atoms with E-state index in [9.17, 15) is 9.59 Å². The minimum atomic E-state index is -0.492. The van der Waals surface area contributed by atoms with Crippen LogP contribution in [0, 0.1) is 17.8 Å². The van der Waals surface area contributed by atoms with Crippen molar-refractivity contribution in [3.63, 3.8) is 0 Å². The van der Waals surface area contributed by atoms with E-state index in [1.165, 1.54) is 32.1 Å². The Labute approximate surface area is 153 Å². The van der Waals surface area contributed by atoms with Gasteiger partial charge in [-0.05, 0) is 25.2 Å². The van der Waals surface area contributed by atoms with Crippen LogP contribution < -0.4 is 0 Å². The minimum Gasteiger partial charge on any atom is -0.465 e. The van der Waals surface area contributed by atoms with Crippen LogP contribution in [0.25, 0.3) is 0 Å². The molecule has 1 aliphatic rings. The lowest BCUT2D eigenvalue weighted by atomic mass is 9.84. The number of unbranched alkanes of at least 4 members (excludes halogenated alkanes) is 6. The highest BCUT2D eigenvalue weighted by Gasteiger charge is 2.35. The van der Waals surface area contributed by atoms with Crippen molar-refractivity contribution in [3.05, 3.63) is 12.2 Å². The summed E-state index contributed by atoms with van der Waals surface area (Å²) in [6, 6.07) is 0. The Kier molecular flexibility index (Phi) is 11.3. The van der Waals surface area contributed by atoms with Gasteiger partial charge in [0.15, 0.2) is 0 Å². The lowest BCUT2D eigenvalue weighted by Gasteiger charge is -2.25. The van der Waals surface area contributed by atoms with E-state index in [1.807, 2.05) is 26.0 Å². The van der Waals surface area contributed by atoms with E-state index in [-0.39, 0.29) is 11.9 Å². The molecule has 4 nitrogen and oxygen atoms in total. The van der Waals surface area contributed by atoms with Gasteiger partial charge in [-0.25, -0.2) is 0 Å². The Bertz CT molecular complexity index is 414. The van der Waals surface area contributed by atoms with Gasteiger partial charge in [-0.3, -0.25) is 9.59 Å². The van der Waals surface area contributed by atoms with Crippen molar-refractivity contribution in [3.8, 4) is 0 Å². The van der Waals surface area contributed by atoms with Gasteiger partial charge in [-0.2, -0.15) is 0 Å². The molecule has 0 bridgehead atoms. The maximum Gasteiger partial charge on any atom is 0.313 e. The lowest BCUT2D eigenvalue weighted by molar-refractivity contribution is -0.160. The Balaban J connectivity index is 2.29. The first-order valence-electron chi connectivity index (χ1n) is 10.1. The third-order valence-electron chi connectivity index (χ3n) is 4.55. The molecule has 1 rings (SSSR count). The van der Waals surface area contributed by atoms with Crippen LogP contribution in [0.3, 0.4) is 0 Å². The van der Waals surface area contributed by atoms with Gasteiger partial charge in [0.1, 0.15) is 0 Å². The van der Waals surface area contributed by atoms with Gasteiger partial charge in [0.2, 0.25) is 0 Å². The van der Waals surface area contributed by atoms with E-state index in [1.54, 1.807) is 0 Å². The van der Waals surface area contributed by atoms with Crippen LogP contribution in [0.15, 0.2) is 12.2 Å². The predicted molar refractivity (Wildman–Crippen MR) is 100 cm³/mol. The van der Waals surface area contributed by atoms with Gasteiger partial charge in [0.05, 0.1) is 25.0 Å². The fourth-order valence-electron chi connectivity index (χ4n) is 3.02. The first-order chi connectivity index (χ1) is 12.1. The quantitative estimate of drug-likeness (QED) is 0.280. The van der Waals surface area contributed by atoms with Crippen LogP contribution >= 0.6 is 0 Å². The van der Waals surface area contributed by atoms with Crippen LogP contribution in [0.1, 0.15) is 78.6 Å². The maximum atomic E-state index is 12.4.